The molecule has 0 aromatic heterocycles. The number of hydrogen-bond donors (Lipinski definition) is 0. The molecule has 0 aromatic rings. The highest BCUT2D eigenvalue weighted by atomic mass is 127. The quantitative estimate of drug-likeness (QED) is 0.427. The Labute approximate surface area is 103 Å². The molecule has 86 valence electrons. The average molecular weight is 326 g/mol. The third kappa shape index (κ3) is 7.35. The molecule has 0 atom stereocenters. The summed E-state index contributed by atoms with van der Waals surface area (Å²) in [4.78, 5) is 22.3. The fourth-order valence-corrected chi connectivity index (χ4v) is 1.08. The Balaban J connectivity index is 4.05. The smallest absolute Gasteiger partial charge is 0.344 e. The third-order valence-electron chi connectivity index (χ3n) is 1.33. The van der Waals surface area contributed by atoms with E-state index in [1.54, 1.807) is 22.6 Å². The molecule has 0 radical (unpaired) electrons. The molecule has 0 saturated heterocycles. The van der Waals surface area contributed by atoms with Gasteiger partial charge in [-0.3, -0.25) is 0 Å². The molecular weight excluding hydrogens is 311 g/mol. The van der Waals surface area contributed by atoms with Crippen LogP contribution in [0.5, 0.6) is 0 Å². The van der Waals surface area contributed by atoms with Crippen molar-refractivity contribution in [1.29, 1.82) is 0 Å². The number of halogens is 1. The minimum Gasteiger partial charge on any atom is -0.463 e. The van der Waals surface area contributed by atoms with Crippen molar-refractivity contribution in [3.05, 3.63) is 9.66 Å². The Morgan fingerprint density at radius 3 is 2.20 bits per heavy atom. The first kappa shape index (κ1) is 14.4. The minimum atomic E-state index is -0.505. The van der Waals surface area contributed by atoms with E-state index in [1.165, 1.54) is 0 Å². The van der Waals surface area contributed by atoms with Crippen LogP contribution in [-0.4, -0.2) is 25.2 Å². The van der Waals surface area contributed by atoms with Gasteiger partial charge in [0.1, 0.15) is 3.58 Å². The zero-order chi connectivity index (χ0) is 11.7. The van der Waals surface area contributed by atoms with Gasteiger partial charge in [-0.25, -0.2) is 9.59 Å². The maximum absolute atomic E-state index is 11.2. The van der Waals surface area contributed by atoms with E-state index in [2.05, 4.69) is 0 Å². The van der Waals surface area contributed by atoms with E-state index >= 15 is 0 Å². The van der Waals surface area contributed by atoms with Gasteiger partial charge in [0.2, 0.25) is 0 Å². The molecule has 0 rings (SSSR count). The van der Waals surface area contributed by atoms with Gasteiger partial charge in [-0.1, -0.05) is 13.8 Å². The summed E-state index contributed by atoms with van der Waals surface area (Å²) in [5.74, 6) is -0.986. The fraction of sp³-hybridized carbons (Fsp3) is 0.600. The normalized spacial score (nSPS) is 11.0. The summed E-state index contributed by atoms with van der Waals surface area (Å²) in [5, 5.41) is 0. The number of rotatable bonds is 6. The monoisotopic (exact) mass is 326 g/mol. The lowest BCUT2D eigenvalue weighted by atomic mass is 10.5. The van der Waals surface area contributed by atoms with Crippen LogP contribution in [0, 0.1) is 0 Å². The van der Waals surface area contributed by atoms with E-state index in [4.69, 9.17) is 9.47 Å². The van der Waals surface area contributed by atoms with Crippen molar-refractivity contribution >= 4 is 34.5 Å². The lowest BCUT2D eigenvalue weighted by Crippen LogP contribution is -2.08. The second-order valence-electron chi connectivity index (χ2n) is 2.80. The van der Waals surface area contributed by atoms with Crippen molar-refractivity contribution in [2.24, 2.45) is 0 Å². The van der Waals surface area contributed by atoms with E-state index in [0.717, 1.165) is 18.9 Å². The van der Waals surface area contributed by atoms with Gasteiger partial charge in [0.15, 0.2) is 0 Å². The Morgan fingerprint density at radius 2 is 1.67 bits per heavy atom. The highest BCUT2D eigenvalue weighted by Crippen LogP contribution is 2.08. The highest BCUT2D eigenvalue weighted by Gasteiger charge is 2.09. The Morgan fingerprint density at radius 1 is 1.13 bits per heavy atom. The highest BCUT2D eigenvalue weighted by molar-refractivity contribution is 14.1. The van der Waals surface area contributed by atoms with E-state index in [-0.39, 0.29) is 3.58 Å². The molecular formula is C10H15IO4. The van der Waals surface area contributed by atoms with Gasteiger partial charge in [-0.15, -0.1) is 0 Å². The van der Waals surface area contributed by atoms with Crippen LogP contribution < -0.4 is 0 Å². The van der Waals surface area contributed by atoms with Crippen molar-refractivity contribution in [2.75, 3.05) is 13.2 Å². The summed E-state index contributed by atoms with van der Waals surface area (Å²) in [6, 6.07) is 0. The summed E-state index contributed by atoms with van der Waals surface area (Å²) < 4.78 is 9.86. The summed E-state index contributed by atoms with van der Waals surface area (Å²) in [5.41, 5.74) is 0. The molecule has 0 bridgehead atoms. The molecule has 0 amide bonds. The van der Waals surface area contributed by atoms with Crippen molar-refractivity contribution in [2.45, 2.75) is 26.7 Å². The zero-order valence-corrected chi connectivity index (χ0v) is 11.1. The van der Waals surface area contributed by atoms with Gasteiger partial charge >= 0.3 is 11.9 Å². The van der Waals surface area contributed by atoms with Crippen LogP contribution in [-0.2, 0) is 19.1 Å². The first-order valence-electron chi connectivity index (χ1n) is 4.82. The van der Waals surface area contributed by atoms with Crippen LogP contribution in [0.25, 0.3) is 0 Å². The SMILES string of the molecule is CCCOC(=O)/C=C(\I)C(=O)OCCC. The van der Waals surface area contributed by atoms with Gasteiger partial charge < -0.3 is 9.47 Å². The fourth-order valence-electron chi connectivity index (χ4n) is 0.670. The summed E-state index contributed by atoms with van der Waals surface area (Å²) in [7, 11) is 0. The van der Waals surface area contributed by atoms with Gasteiger partial charge in [-0.05, 0) is 35.4 Å². The number of carbonyl (C=O) groups is 2. The number of ether oxygens (including phenoxy) is 2. The van der Waals surface area contributed by atoms with Gasteiger partial charge in [0.05, 0.1) is 13.2 Å². The van der Waals surface area contributed by atoms with E-state index < -0.39 is 11.9 Å². The molecule has 0 spiro atoms. The molecule has 0 aliphatic carbocycles. The molecule has 0 heterocycles. The number of esters is 2. The molecule has 0 aliphatic rings. The third-order valence-corrected chi connectivity index (χ3v) is 2.08. The summed E-state index contributed by atoms with van der Waals surface area (Å²) >= 11 is 1.76. The lowest BCUT2D eigenvalue weighted by Gasteiger charge is -2.02. The molecule has 4 nitrogen and oxygen atoms in total. The van der Waals surface area contributed by atoms with Crippen LogP contribution in [0.1, 0.15) is 26.7 Å². The second kappa shape index (κ2) is 8.70. The van der Waals surface area contributed by atoms with Crippen LogP contribution >= 0.6 is 22.6 Å². The minimum absolute atomic E-state index is 0.238. The largest absolute Gasteiger partial charge is 0.463 e. The zero-order valence-electron chi connectivity index (χ0n) is 8.92. The first-order chi connectivity index (χ1) is 7.11. The maximum atomic E-state index is 11.2. The maximum Gasteiger partial charge on any atom is 0.344 e. The van der Waals surface area contributed by atoms with Gasteiger partial charge in [-0.2, -0.15) is 0 Å². The number of hydrogen-bond acceptors (Lipinski definition) is 4. The molecule has 0 fully saturated rings. The molecule has 5 heteroatoms. The second-order valence-corrected chi connectivity index (χ2v) is 3.96. The Bertz CT molecular complexity index is 248. The van der Waals surface area contributed by atoms with Crippen molar-refractivity contribution in [3.63, 3.8) is 0 Å². The average Bonchev–Trinajstić information content (AvgIpc) is 2.22. The van der Waals surface area contributed by atoms with Crippen LogP contribution in [0.2, 0.25) is 0 Å². The van der Waals surface area contributed by atoms with Gasteiger partial charge in [0.25, 0.3) is 0 Å². The topological polar surface area (TPSA) is 52.6 Å². The molecule has 0 aromatic carbocycles. The molecule has 0 unspecified atom stereocenters. The first-order valence-corrected chi connectivity index (χ1v) is 5.90. The van der Waals surface area contributed by atoms with Crippen LogP contribution in [0.4, 0.5) is 0 Å². The van der Waals surface area contributed by atoms with Crippen LogP contribution in [0.3, 0.4) is 0 Å². The molecule has 0 aliphatic heterocycles. The summed E-state index contributed by atoms with van der Waals surface area (Å²) in [6.07, 6.45) is 2.67. The van der Waals surface area contributed by atoms with E-state index in [9.17, 15) is 9.59 Å². The predicted octanol–water partition coefficient (Wildman–Crippen LogP) is 2.21. The van der Waals surface area contributed by atoms with Crippen molar-refractivity contribution in [1.82, 2.24) is 0 Å². The molecule has 0 saturated carbocycles. The van der Waals surface area contributed by atoms with Crippen molar-refractivity contribution < 1.29 is 19.1 Å². The summed E-state index contributed by atoms with van der Waals surface area (Å²) in [6.45, 7) is 4.53. The Kier molecular flexibility index (Phi) is 8.35. The van der Waals surface area contributed by atoms with Gasteiger partial charge in [0, 0.05) is 6.08 Å². The molecule has 15 heavy (non-hydrogen) atoms. The molecule has 0 N–H and O–H groups in total. The van der Waals surface area contributed by atoms with E-state index in [1.807, 2.05) is 13.8 Å². The number of carbonyl (C=O) groups excluding carboxylic acids is 2. The predicted molar refractivity (Wildman–Crippen MR) is 64.6 cm³/mol. The standard InChI is InChI=1S/C10H15IO4/c1-3-5-14-9(12)7-8(11)10(13)15-6-4-2/h7H,3-6H2,1-2H3/b8-7-. The Hall–Kier alpha value is -0.590. The van der Waals surface area contributed by atoms with Crippen molar-refractivity contribution in [3.8, 4) is 0 Å². The van der Waals surface area contributed by atoms with E-state index in [0.29, 0.717) is 13.2 Å². The lowest BCUT2D eigenvalue weighted by molar-refractivity contribution is -0.140. The van der Waals surface area contributed by atoms with Crippen LogP contribution in [0.15, 0.2) is 9.66 Å².